The van der Waals surface area contributed by atoms with Gasteiger partial charge in [0.1, 0.15) is 6.04 Å². The van der Waals surface area contributed by atoms with Gasteiger partial charge in [0.05, 0.1) is 17.8 Å². The van der Waals surface area contributed by atoms with Crippen LogP contribution in [0, 0.1) is 6.92 Å². The van der Waals surface area contributed by atoms with E-state index in [9.17, 15) is 4.79 Å². The molecular weight excluding hydrogens is 308 g/mol. The largest absolute Gasteiger partial charge is 0.468 e. The topological polar surface area (TPSA) is 42.4 Å². The summed E-state index contributed by atoms with van der Waals surface area (Å²) >= 11 is 7.81. The van der Waals surface area contributed by atoms with Crippen molar-refractivity contribution < 1.29 is 9.53 Å². The highest BCUT2D eigenvalue weighted by Crippen LogP contribution is 2.29. The van der Waals surface area contributed by atoms with Crippen LogP contribution in [0.3, 0.4) is 0 Å². The third-order valence-electron chi connectivity index (χ3n) is 3.14. The molecule has 0 bridgehead atoms. The molecule has 4 nitrogen and oxygen atoms in total. The number of benzene rings is 1. The number of halogens is 1. The Morgan fingerprint density at radius 1 is 1.48 bits per heavy atom. The average molecular weight is 325 g/mol. The molecule has 0 aliphatic carbocycles. The summed E-state index contributed by atoms with van der Waals surface area (Å²) in [5.74, 6) is -0.336. The fourth-order valence-corrected chi connectivity index (χ4v) is 3.02. The van der Waals surface area contributed by atoms with E-state index in [1.807, 2.05) is 42.5 Å². The molecule has 2 aromatic rings. The molecule has 0 unspecified atom stereocenters. The lowest BCUT2D eigenvalue weighted by Crippen LogP contribution is -2.31. The number of carbonyl (C=O) groups is 1. The predicted molar refractivity (Wildman–Crippen MR) is 84.5 cm³/mol. The zero-order chi connectivity index (χ0) is 15.4. The second kappa shape index (κ2) is 7.02. The maximum absolute atomic E-state index is 12.2. The molecule has 21 heavy (non-hydrogen) atoms. The van der Waals surface area contributed by atoms with Crippen molar-refractivity contribution in [1.82, 2.24) is 9.88 Å². The first-order chi connectivity index (χ1) is 10.0. The summed E-state index contributed by atoms with van der Waals surface area (Å²) in [5, 5.41) is 3.55. The van der Waals surface area contributed by atoms with E-state index in [4.69, 9.17) is 16.3 Å². The van der Waals surface area contributed by atoms with Crippen molar-refractivity contribution in [2.45, 2.75) is 19.5 Å². The predicted octanol–water partition coefficient (Wildman–Crippen LogP) is 3.45. The molecule has 0 saturated carbocycles. The molecule has 0 amide bonds. The lowest BCUT2D eigenvalue weighted by Gasteiger charge is -2.26. The molecule has 2 rings (SSSR count). The van der Waals surface area contributed by atoms with E-state index in [0.717, 1.165) is 16.3 Å². The highest BCUT2D eigenvalue weighted by molar-refractivity contribution is 7.09. The summed E-state index contributed by atoms with van der Waals surface area (Å²) < 4.78 is 4.93. The van der Waals surface area contributed by atoms with Crippen LogP contribution in [0.5, 0.6) is 0 Å². The molecule has 0 fully saturated rings. The lowest BCUT2D eigenvalue weighted by atomic mass is 10.1. The SMILES string of the molecule is COC(=O)[C@H](c1ccccc1Cl)N(C)Cc1csc(C)n1. The van der Waals surface area contributed by atoms with Crippen LogP contribution in [0.2, 0.25) is 5.02 Å². The number of esters is 1. The van der Waals surface area contributed by atoms with Gasteiger partial charge in [0.15, 0.2) is 0 Å². The number of rotatable bonds is 5. The molecule has 112 valence electrons. The summed E-state index contributed by atoms with van der Waals surface area (Å²) in [7, 11) is 3.24. The Bertz CT molecular complexity index is 630. The fourth-order valence-electron chi connectivity index (χ4n) is 2.18. The van der Waals surface area contributed by atoms with Gasteiger partial charge in [-0.2, -0.15) is 0 Å². The van der Waals surface area contributed by atoms with Crippen LogP contribution >= 0.6 is 22.9 Å². The normalized spacial score (nSPS) is 12.4. The van der Waals surface area contributed by atoms with E-state index in [1.165, 1.54) is 7.11 Å². The molecule has 0 N–H and O–H groups in total. The summed E-state index contributed by atoms with van der Waals surface area (Å²) in [5.41, 5.74) is 1.67. The molecule has 1 heterocycles. The highest BCUT2D eigenvalue weighted by atomic mass is 35.5. The second-order valence-corrected chi connectivity index (χ2v) is 6.19. The molecule has 1 atom stereocenters. The lowest BCUT2D eigenvalue weighted by molar-refractivity contribution is -0.147. The Hall–Kier alpha value is -1.43. The quantitative estimate of drug-likeness (QED) is 0.790. The Morgan fingerprint density at radius 3 is 2.76 bits per heavy atom. The zero-order valence-corrected chi connectivity index (χ0v) is 13.7. The van der Waals surface area contributed by atoms with Crippen LogP contribution in [-0.4, -0.2) is 30.0 Å². The van der Waals surface area contributed by atoms with E-state index < -0.39 is 6.04 Å². The van der Waals surface area contributed by atoms with Gasteiger partial charge in [-0.05, 0) is 25.6 Å². The zero-order valence-electron chi connectivity index (χ0n) is 12.2. The Balaban J connectivity index is 2.28. The third kappa shape index (κ3) is 3.81. The van der Waals surface area contributed by atoms with Gasteiger partial charge in [-0.3, -0.25) is 4.90 Å². The van der Waals surface area contributed by atoms with Crippen molar-refractivity contribution in [3.8, 4) is 0 Å². The number of aryl methyl sites for hydroxylation is 1. The molecule has 6 heteroatoms. The van der Waals surface area contributed by atoms with Gasteiger partial charge in [0.25, 0.3) is 0 Å². The number of methoxy groups -OCH3 is 1. The number of hydrogen-bond donors (Lipinski definition) is 0. The molecule has 1 aromatic carbocycles. The average Bonchev–Trinajstić information content (AvgIpc) is 2.86. The molecular formula is C15H17ClN2O2S. The molecule has 0 spiro atoms. The Labute approximate surface area is 133 Å². The Morgan fingerprint density at radius 2 is 2.19 bits per heavy atom. The number of thiazole rings is 1. The number of ether oxygens (including phenoxy) is 1. The van der Waals surface area contributed by atoms with Crippen LogP contribution in [0.15, 0.2) is 29.6 Å². The van der Waals surface area contributed by atoms with Crippen molar-refractivity contribution >= 4 is 28.9 Å². The molecule has 0 aliphatic rings. The van der Waals surface area contributed by atoms with Crippen molar-refractivity contribution in [3.05, 3.63) is 50.9 Å². The minimum Gasteiger partial charge on any atom is -0.468 e. The minimum atomic E-state index is -0.550. The Kier molecular flexibility index (Phi) is 5.33. The van der Waals surface area contributed by atoms with Crippen LogP contribution in [0.1, 0.15) is 22.3 Å². The standard InChI is InChI=1S/C15H17ClN2O2S/c1-10-17-11(9-21-10)8-18(2)14(15(19)20-3)12-6-4-5-7-13(12)16/h4-7,9,14H,8H2,1-3H3/t14-/m0/s1. The number of aromatic nitrogens is 1. The van der Waals surface area contributed by atoms with Crippen LogP contribution in [0.25, 0.3) is 0 Å². The maximum Gasteiger partial charge on any atom is 0.327 e. The van der Waals surface area contributed by atoms with Gasteiger partial charge in [-0.15, -0.1) is 11.3 Å². The van der Waals surface area contributed by atoms with Crippen LogP contribution in [-0.2, 0) is 16.1 Å². The molecule has 0 radical (unpaired) electrons. The number of carbonyl (C=O) groups excluding carboxylic acids is 1. The third-order valence-corrected chi connectivity index (χ3v) is 4.31. The van der Waals surface area contributed by atoms with E-state index >= 15 is 0 Å². The minimum absolute atomic E-state index is 0.336. The van der Waals surface area contributed by atoms with Gasteiger partial charge < -0.3 is 4.74 Å². The summed E-state index contributed by atoms with van der Waals surface area (Å²) in [6, 6.07) is 6.76. The number of likely N-dealkylation sites (N-methyl/N-ethyl adjacent to an activating group) is 1. The summed E-state index contributed by atoms with van der Waals surface area (Å²) in [6.07, 6.45) is 0. The van der Waals surface area contributed by atoms with E-state index in [1.54, 1.807) is 17.4 Å². The van der Waals surface area contributed by atoms with E-state index in [-0.39, 0.29) is 5.97 Å². The smallest absolute Gasteiger partial charge is 0.327 e. The number of nitrogens with zero attached hydrogens (tertiary/aromatic N) is 2. The van der Waals surface area contributed by atoms with Crippen molar-refractivity contribution in [2.24, 2.45) is 0 Å². The summed E-state index contributed by atoms with van der Waals surface area (Å²) in [4.78, 5) is 18.5. The van der Waals surface area contributed by atoms with Gasteiger partial charge in [0, 0.05) is 16.9 Å². The monoisotopic (exact) mass is 324 g/mol. The van der Waals surface area contributed by atoms with Crippen molar-refractivity contribution in [3.63, 3.8) is 0 Å². The van der Waals surface area contributed by atoms with Gasteiger partial charge in [-0.25, -0.2) is 9.78 Å². The molecule has 1 aromatic heterocycles. The maximum atomic E-state index is 12.2. The van der Waals surface area contributed by atoms with Crippen molar-refractivity contribution in [2.75, 3.05) is 14.2 Å². The van der Waals surface area contributed by atoms with Gasteiger partial charge in [-0.1, -0.05) is 29.8 Å². The van der Waals surface area contributed by atoms with E-state index in [2.05, 4.69) is 4.98 Å². The fraction of sp³-hybridized carbons (Fsp3) is 0.333. The highest BCUT2D eigenvalue weighted by Gasteiger charge is 2.28. The van der Waals surface area contributed by atoms with E-state index in [0.29, 0.717) is 11.6 Å². The molecule has 0 aliphatic heterocycles. The first-order valence-corrected chi connectivity index (χ1v) is 7.72. The van der Waals surface area contributed by atoms with Gasteiger partial charge >= 0.3 is 5.97 Å². The first kappa shape index (κ1) is 15.9. The van der Waals surface area contributed by atoms with Gasteiger partial charge in [0.2, 0.25) is 0 Å². The van der Waals surface area contributed by atoms with Crippen LogP contribution < -0.4 is 0 Å². The first-order valence-electron chi connectivity index (χ1n) is 6.46. The van der Waals surface area contributed by atoms with Crippen molar-refractivity contribution in [1.29, 1.82) is 0 Å². The second-order valence-electron chi connectivity index (χ2n) is 4.72. The molecule has 0 saturated heterocycles. The van der Waals surface area contributed by atoms with Crippen LogP contribution in [0.4, 0.5) is 0 Å². The summed E-state index contributed by atoms with van der Waals surface area (Å²) in [6.45, 7) is 2.51. The number of hydrogen-bond acceptors (Lipinski definition) is 5.